The number of hydrogen-bond donors (Lipinski definition) is 3. The van der Waals surface area contributed by atoms with E-state index in [-0.39, 0.29) is 23.4 Å². The zero-order valence-corrected chi connectivity index (χ0v) is 17.1. The molecule has 0 bridgehead atoms. The first-order chi connectivity index (χ1) is 14.5. The number of methoxy groups -OCH3 is 1. The molecule has 156 valence electrons. The van der Waals surface area contributed by atoms with E-state index in [1.807, 2.05) is 13.0 Å². The minimum Gasteiger partial charge on any atom is -0.497 e. The molecule has 0 fully saturated rings. The monoisotopic (exact) mass is 429 g/mol. The minimum atomic E-state index is -0.324. The topological polar surface area (TPSA) is 119 Å². The number of hydrogen-bond acceptors (Lipinski definition) is 8. The number of ether oxygens (including phenoxy) is 1. The highest BCUT2D eigenvalue weighted by Crippen LogP contribution is 2.22. The summed E-state index contributed by atoms with van der Waals surface area (Å²) in [5.74, 6) is 6.42. The van der Waals surface area contributed by atoms with Crippen molar-refractivity contribution >= 4 is 35.5 Å². The van der Waals surface area contributed by atoms with Gasteiger partial charge in [0, 0.05) is 5.69 Å². The Hall–Kier alpha value is -3.60. The van der Waals surface area contributed by atoms with Crippen LogP contribution >= 0.6 is 11.8 Å². The molecule has 3 aromatic rings. The lowest BCUT2D eigenvalue weighted by Gasteiger charge is -2.09. The van der Waals surface area contributed by atoms with Crippen LogP contribution in [0.5, 0.6) is 5.75 Å². The predicted molar refractivity (Wildman–Crippen MR) is 115 cm³/mol. The van der Waals surface area contributed by atoms with Crippen molar-refractivity contribution in [2.45, 2.75) is 12.1 Å². The van der Waals surface area contributed by atoms with Crippen molar-refractivity contribution in [2.75, 3.05) is 29.4 Å². The Labute approximate surface area is 176 Å². The molecule has 0 saturated carbocycles. The fourth-order valence-electron chi connectivity index (χ4n) is 2.38. The maximum Gasteiger partial charge on any atom is 0.264 e. The van der Waals surface area contributed by atoms with E-state index in [2.05, 4.69) is 26.0 Å². The summed E-state index contributed by atoms with van der Waals surface area (Å²) in [4.78, 5) is 12.2. The van der Waals surface area contributed by atoms with Crippen molar-refractivity contribution < 1.29 is 13.9 Å². The van der Waals surface area contributed by atoms with E-state index < -0.39 is 0 Å². The van der Waals surface area contributed by atoms with Gasteiger partial charge in [-0.05, 0) is 48.4 Å². The van der Waals surface area contributed by atoms with Crippen molar-refractivity contribution in [1.82, 2.24) is 14.9 Å². The molecule has 0 unspecified atom stereocenters. The second kappa shape index (κ2) is 9.74. The summed E-state index contributed by atoms with van der Waals surface area (Å²) in [6.45, 7) is 1.88. The van der Waals surface area contributed by atoms with E-state index in [1.165, 1.54) is 23.0 Å². The highest BCUT2D eigenvalue weighted by atomic mass is 32.2. The summed E-state index contributed by atoms with van der Waals surface area (Å²) >= 11 is 1.13. The van der Waals surface area contributed by atoms with Crippen LogP contribution in [0.2, 0.25) is 0 Å². The smallest absolute Gasteiger partial charge is 0.264 e. The maximum absolute atomic E-state index is 12.9. The molecule has 3 rings (SSSR count). The Morgan fingerprint density at radius 1 is 1.30 bits per heavy atom. The van der Waals surface area contributed by atoms with Gasteiger partial charge in [-0.2, -0.15) is 5.10 Å². The molecule has 2 aromatic carbocycles. The normalized spacial score (nSPS) is 10.9. The molecule has 0 atom stereocenters. The number of nitrogen functional groups attached to an aromatic ring is 1. The van der Waals surface area contributed by atoms with Gasteiger partial charge in [0.2, 0.25) is 11.1 Å². The van der Waals surface area contributed by atoms with Crippen LogP contribution in [0.25, 0.3) is 0 Å². The van der Waals surface area contributed by atoms with Crippen LogP contribution in [0.3, 0.4) is 0 Å². The highest BCUT2D eigenvalue weighted by Gasteiger charge is 2.13. The Morgan fingerprint density at radius 3 is 2.77 bits per heavy atom. The molecule has 0 spiro atoms. The third kappa shape index (κ3) is 5.47. The van der Waals surface area contributed by atoms with E-state index in [1.54, 1.807) is 31.4 Å². The number of rotatable bonds is 8. The van der Waals surface area contributed by atoms with E-state index in [9.17, 15) is 9.18 Å². The van der Waals surface area contributed by atoms with Gasteiger partial charge in [0.1, 0.15) is 11.6 Å². The number of aryl methyl sites for hydroxylation is 1. The summed E-state index contributed by atoms with van der Waals surface area (Å²) in [6, 6.07) is 11.2. The lowest BCUT2D eigenvalue weighted by molar-refractivity contribution is -0.113. The van der Waals surface area contributed by atoms with Gasteiger partial charge in [-0.25, -0.2) is 14.5 Å². The molecule has 0 aliphatic rings. The van der Waals surface area contributed by atoms with Crippen LogP contribution in [0.4, 0.5) is 16.0 Å². The predicted octanol–water partition coefficient (Wildman–Crippen LogP) is 2.62. The lowest BCUT2D eigenvalue weighted by Crippen LogP contribution is -2.17. The number of nitrogens with zero attached hydrogens (tertiary/aromatic N) is 4. The van der Waals surface area contributed by atoms with Crippen molar-refractivity contribution in [3.8, 4) is 5.75 Å². The van der Waals surface area contributed by atoms with E-state index in [0.29, 0.717) is 16.4 Å². The number of carbonyl (C=O) groups excluding carboxylic acids is 1. The largest absolute Gasteiger partial charge is 0.497 e. The fraction of sp³-hybridized carbons (Fsp3) is 0.158. The Kier molecular flexibility index (Phi) is 6.86. The first-order valence-corrected chi connectivity index (χ1v) is 9.77. The van der Waals surface area contributed by atoms with E-state index in [4.69, 9.17) is 10.6 Å². The number of nitrogens with one attached hydrogen (secondary N) is 2. The summed E-state index contributed by atoms with van der Waals surface area (Å²) in [5.41, 5.74) is 4.95. The van der Waals surface area contributed by atoms with Crippen LogP contribution in [0.15, 0.2) is 52.7 Å². The van der Waals surface area contributed by atoms with Crippen LogP contribution in [-0.4, -0.2) is 39.9 Å². The van der Waals surface area contributed by atoms with Gasteiger partial charge in [-0.3, -0.25) is 4.79 Å². The van der Waals surface area contributed by atoms with Crippen LogP contribution in [0, 0.1) is 12.7 Å². The van der Waals surface area contributed by atoms with Gasteiger partial charge in [0.15, 0.2) is 0 Å². The number of hydrazone groups is 1. The van der Waals surface area contributed by atoms with E-state index in [0.717, 1.165) is 23.1 Å². The second-order valence-corrected chi connectivity index (χ2v) is 7.06. The number of nitrogens with two attached hydrogens (primary N) is 1. The summed E-state index contributed by atoms with van der Waals surface area (Å²) < 4.78 is 19.2. The lowest BCUT2D eigenvalue weighted by atomic mass is 10.2. The van der Waals surface area contributed by atoms with Gasteiger partial charge >= 0.3 is 0 Å². The minimum absolute atomic E-state index is 0.0969. The highest BCUT2D eigenvalue weighted by molar-refractivity contribution is 7.99. The number of halogens is 1. The fourth-order valence-corrected chi connectivity index (χ4v) is 3.04. The first kappa shape index (κ1) is 21.1. The Balaban J connectivity index is 1.53. The van der Waals surface area contributed by atoms with Gasteiger partial charge in [-0.15, -0.1) is 10.2 Å². The standard InChI is InChI=1S/C19H20FN7O2S/c1-12-9-15(29-2)7-8-16(12)23-17(28)11-30-19-26-25-18(27(19)21)24-22-10-13-3-5-14(20)6-4-13/h3-10H,11,21H2,1-2H3,(H,23,28)(H,24,25)/b22-10+. The average Bonchev–Trinajstić information content (AvgIpc) is 3.09. The molecule has 30 heavy (non-hydrogen) atoms. The molecule has 0 radical (unpaired) electrons. The molecule has 1 aromatic heterocycles. The molecule has 0 aliphatic heterocycles. The SMILES string of the molecule is COc1ccc(NC(=O)CSc2nnc(N/N=C/c3ccc(F)cc3)n2N)c(C)c1. The second-order valence-electron chi connectivity index (χ2n) is 6.12. The molecule has 0 saturated heterocycles. The van der Waals surface area contributed by atoms with Crippen molar-refractivity contribution in [1.29, 1.82) is 0 Å². The molecule has 4 N–H and O–H groups in total. The molecule has 1 amide bonds. The quantitative estimate of drug-likeness (QED) is 0.218. The van der Waals surface area contributed by atoms with Gasteiger partial charge in [0.05, 0.1) is 19.1 Å². The third-order valence-corrected chi connectivity index (χ3v) is 4.90. The van der Waals surface area contributed by atoms with Crippen LogP contribution in [0.1, 0.15) is 11.1 Å². The number of anilines is 2. The number of thioether (sulfide) groups is 1. The van der Waals surface area contributed by atoms with E-state index >= 15 is 0 Å². The van der Waals surface area contributed by atoms with Crippen molar-refractivity contribution in [3.63, 3.8) is 0 Å². The molecule has 11 heteroatoms. The number of aromatic nitrogens is 3. The Bertz CT molecular complexity index is 1050. The molecular weight excluding hydrogens is 409 g/mol. The average molecular weight is 429 g/mol. The molecule has 1 heterocycles. The molecule has 0 aliphatic carbocycles. The van der Waals surface area contributed by atoms with Gasteiger partial charge in [-0.1, -0.05) is 23.9 Å². The summed E-state index contributed by atoms with van der Waals surface area (Å²) in [5, 5.41) is 15.0. The summed E-state index contributed by atoms with van der Waals surface area (Å²) in [7, 11) is 1.59. The first-order valence-electron chi connectivity index (χ1n) is 8.78. The molecule has 9 nitrogen and oxygen atoms in total. The van der Waals surface area contributed by atoms with Crippen LogP contribution in [-0.2, 0) is 4.79 Å². The maximum atomic E-state index is 12.9. The van der Waals surface area contributed by atoms with Crippen LogP contribution < -0.4 is 21.3 Å². The molecular formula is C19H20FN7O2S. The zero-order valence-electron chi connectivity index (χ0n) is 16.3. The van der Waals surface area contributed by atoms with Gasteiger partial charge in [0.25, 0.3) is 5.95 Å². The number of carbonyl (C=O) groups is 1. The summed E-state index contributed by atoms with van der Waals surface area (Å²) in [6.07, 6.45) is 1.49. The number of amides is 1. The van der Waals surface area contributed by atoms with Crippen molar-refractivity contribution in [3.05, 3.63) is 59.4 Å². The van der Waals surface area contributed by atoms with Gasteiger partial charge < -0.3 is 15.9 Å². The zero-order chi connectivity index (χ0) is 21.5. The number of benzene rings is 2. The Morgan fingerprint density at radius 2 is 2.07 bits per heavy atom. The third-order valence-electron chi connectivity index (χ3n) is 3.95. The van der Waals surface area contributed by atoms with Crippen molar-refractivity contribution in [2.24, 2.45) is 5.10 Å².